The molecule has 26 heavy (non-hydrogen) atoms. The number of fused-ring (bicyclic) bond motifs is 1. The topological polar surface area (TPSA) is 76.5 Å². The number of rotatable bonds is 4. The van der Waals surface area contributed by atoms with E-state index in [1.165, 1.54) is 11.8 Å². The van der Waals surface area contributed by atoms with Crippen LogP contribution in [0.5, 0.6) is 0 Å². The van der Waals surface area contributed by atoms with Crippen LogP contribution in [0, 0.1) is 13.8 Å². The standard InChI is InChI=1S/C18H17N5OS2/c1-10-11(2)26-17-14(10)16(24)19-13(20-17)9-25-18-22-21-15(23(18)3)12-7-5-4-6-8-12/h4-8H,9H2,1-3H3,(H,19,20,24). The van der Waals surface area contributed by atoms with Crippen molar-refractivity contribution in [1.82, 2.24) is 24.7 Å². The number of hydrogen-bond donors (Lipinski definition) is 1. The number of thioether (sulfide) groups is 1. The minimum atomic E-state index is -0.0737. The summed E-state index contributed by atoms with van der Waals surface area (Å²) in [5, 5.41) is 10.0. The highest BCUT2D eigenvalue weighted by Gasteiger charge is 2.14. The van der Waals surface area contributed by atoms with Crippen LogP contribution < -0.4 is 5.56 Å². The Bertz CT molecular complexity index is 1140. The molecule has 8 heteroatoms. The van der Waals surface area contributed by atoms with Gasteiger partial charge in [-0.05, 0) is 19.4 Å². The molecule has 0 unspecified atom stereocenters. The van der Waals surface area contributed by atoms with E-state index < -0.39 is 0 Å². The fourth-order valence-corrected chi connectivity index (χ4v) is 4.61. The molecule has 0 saturated carbocycles. The molecule has 1 N–H and O–H groups in total. The van der Waals surface area contributed by atoms with Gasteiger partial charge in [-0.3, -0.25) is 4.79 Å². The van der Waals surface area contributed by atoms with Gasteiger partial charge < -0.3 is 9.55 Å². The van der Waals surface area contributed by atoms with Gasteiger partial charge in [0.1, 0.15) is 10.7 Å². The van der Waals surface area contributed by atoms with E-state index >= 15 is 0 Å². The van der Waals surface area contributed by atoms with E-state index in [0.717, 1.165) is 31.8 Å². The Morgan fingerprint density at radius 2 is 1.96 bits per heavy atom. The number of H-pyrrole nitrogens is 1. The average molecular weight is 384 g/mol. The Morgan fingerprint density at radius 3 is 2.73 bits per heavy atom. The summed E-state index contributed by atoms with van der Waals surface area (Å²) in [6.45, 7) is 3.98. The molecule has 4 rings (SSSR count). The number of thiophene rings is 1. The molecule has 0 aliphatic carbocycles. The van der Waals surface area contributed by atoms with Gasteiger partial charge in [-0.25, -0.2) is 4.98 Å². The largest absolute Gasteiger partial charge is 0.309 e. The van der Waals surface area contributed by atoms with Crippen molar-refractivity contribution in [2.45, 2.75) is 24.8 Å². The fraction of sp³-hybridized carbons (Fsp3) is 0.222. The molecular weight excluding hydrogens is 366 g/mol. The first-order valence-corrected chi connectivity index (χ1v) is 9.91. The van der Waals surface area contributed by atoms with Crippen LogP contribution in [-0.4, -0.2) is 24.7 Å². The Hall–Kier alpha value is -2.45. The predicted octanol–water partition coefficient (Wildman–Crippen LogP) is 3.69. The number of nitrogens with one attached hydrogen (secondary N) is 1. The van der Waals surface area contributed by atoms with E-state index in [2.05, 4.69) is 20.2 Å². The van der Waals surface area contributed by atoms with Gasteiger partial charge in [0.15, 0.2) is 11.0 Å². The quantitative estimate of drug-likeness (QED) is 0.544. The molecule has 0 amide bonds. The molecule has 0 aliphatic heterocycles. The molecule has 3 heterocycles. The summed E-state index contributed by atoms with van der Waals surface area (Å²) in [5.41, 5.74) is 1.96. The number of nitrogens with zero attached hydrogens (tertiary/aromatic N) is 4. The van der Waals surface area contributed by atoms with E-state index in [1.54, 1.807) is 11.3 Å². The zero-order chi connectivity index (χ0) is 18.3. The van der Waals surface area contributed by atoms with Gasteiger partial charge in [-0.2, -0.15) is 0 Å². The number of benzene rings is 1. The summed E-state index contributed by atoms with van der Waals surface area (Å²) in [6, 6.07) is 9.94. The SMILES string of the molecule is Cc1sc2nc(CSc3nnc(-c4ccccc4)n3C)[nH]c(=O)c2c1C. The van der Waals surface area contributed by atoms with Crippen LogP contribution in [0.4, 0.5) is 0 Å². The van der Waals surface area contributed by atoms with E-state index in [1.807, 2.05) is 55.8 Å². The monoisotopic (exact) mass is 383 g/mol. The molecule has 4 aromatic rings. The van der Waals surface area contributed by atoms with Crippen molar-refractivity contribution < 1.29 is 0 Å². The number of aromatic amines is 1. The van der Waals surface area contributed by atoms with Crippen LogP contribution in [-0.2, 0) is 12.8 Å². The highest BCUT2D eigenvalue weighted by atomic mass is 32.2. The molecule has 0 atom stereocenters. The second kappa shape index (κ2) is 6.69. The minimum Gasteiger partial charge on any atom is -0.309 e. The number of hydrogen-bond acceptors (Lipinski definition) is 6. The number of aromatic nitrogens is 5. The first-order chi connectivity index (χ1) is 12.5. The van der Waals surface area contributed by atoms with Gasteiger partial charge in [-0.1, -0.05) is 42.1 Å². The summed E-state index contributed by atoms with van der Waals surface area (Å²) in [4.78, 5) is 21.8. The third-order valence-electron chi connectivity index (χ3n) is 4.29. The molecule has 1 aromatic carbocycles. The summed E-state index contributed by atoms with van der Waals surface area (Å²) < 4.78 is 1.95. The van der Waals surface area contributed by atoms with Gasteiger partial charge in [0.2, 0.25) is 0 Å². The predicted molar refractivity (Wildman–Crippen MR) is 106 cm³/mol. The fourth-order valence-electron chi connectivity index (χ4n) is 2.78. The molecular formula is C18H17N5OS2. The molecule has 6 nitrogen and oxygen atoms in total. The van der Waals surface area contributed by atoms with Crippen molar-refractivity contribution in [3.63, 3.8) is 0 Å². The van der Waals surface area contributed by atoms with Crippen molar-refractivity contribution >= 4 is 33.3 Å². The summed E-state index contributed by atoms with van der Waals surface area (Å²) in [6.07, 6.45) is 0. The first-order valence-electron chi connectivity index (χ1n) is 8.11. The van der Waals surface area contributed by atoms with Crippen LogP contribution in [0.1, 0.15) is 16.3 Å². The third-order valence-corrected chi connectivity index (χ3v) is 6.43. The Kier molecular flexibility index (Phi) is 4.37. The molecule has 0 saturated heterocycles. The zero-order valence-electron chi connectivity index (χ0n) is 14.6. The van der Waals surface area contributed by atoms with Gasteiger partial charge >= 0.3 is 0 Å². The van der Waals surface area contributed by atoms with E-state index in [0.29, 0.717) is 17.0 Å². The molecule has 0 spiro atoms. The van der Waals surface area contributed by atoms with E-state index in [9.17, 15) is 4.79 Å². The second-order valence-electron chi connectivity index (χ2n) is 6.00. The maximum absolute atomic E-state index is 12.4. The lowest BCUT2D eigenvalue weighted by Gasteiger charge is -2.04. The van der Waals surface area contributed by atoms with Crippen LogP contribution in [0.15, 0.2) is 40.3 Å². The zero-order valence-corrected chi connectivity index (χ0v) is 16.2. The summed E-state index contributed by atoms with van der Waals surface area (Å²) >= 11 is 3.06. The summed E-state index contributed by atoms with van der Waals surface area (Å²) in [7, 11) is 1.94. The molecule has 0 fully saturated rings. The Labute approximate surface area is 158 Å². The Morgan fingerprint density at radius 1 is 1.19 bits per heavy atom. The molecule has 0 bridgehead atoms. The van der Waals surface area contributed by atoms with Gasteiger partial charge in [-0.15, -0.1) is 21.5 Å². The normalized spacial score (nSPS) is 11.3. The molecule has 3 aromatic heterocycles. The lowest BCUT2D eigenvalue weighted by Crippen LogP contribution is -2.11. The van der Waals surface area contributed by atoms with Crippen LogP contribution in [0.25, 0.3) is 21.6 Å². The average Bonchev–Trinajstić information content (AvgIpc) is 3.14. The first kappa shape index (κ1) is 17.0. The minimum absolute atomic E-state index is 0.0737. The highest BCUT2D eigenvalue weighted by Crippen LogP contribution is 2.27. The molecule has 132 valence electrons. The maximum Gasteiger partial charge on any atom is 0.259 e. The van der Waals surface area contributed by atoms with Crippen LogP contribution >= 0.6 is 23.1 Å². The van der Waals surface area contributed by atoms with Crippen molar-refractivity contribution in [2.75, 3.05) is 0 Å². The second-order valence-corrected chi connectivity index (χ2v) is 8.14. The number of aryl methyl sites for hydroxylation is 2. The molecule has 0 aliphatic rings. The van der Waals surface area contributed by atoms with Crippen molar-refractivity contribution in [2.24, 2.45) is 7.05 Å². The summed E-state index contributed by atoms with van der Waals surface area (Å²) in [5.74, 6) is 1.99. The van der Waals surface area contributed by atoms with Crippen LogP contribution in [0.2, 0.25) is 0 Å². The van der Waals surface area contributed by atoms with E-state index in [4.69, 9.17) is 0 Å². The molecule has 0 radical (unpaired) electrons. The Balaban J connectivity index is 1.59. The van der Waals surface area contributed by atoms with Gasteiger partial charge in [0.25, 0.3) is 5.56 Å². The highest BCUT2D eigenvalue weighted by molar-refractivity contribution is 7.98. The van der Waals surface area contributed by atoms with Crippen LogP contribution in [0.3, 0.4) is 0 Å². The van der Waals surface area contributed by atoms with Crippen molar-refractivity contribution in [3.8, 4) is 11.4 Å². The smallest absolute Gasteiger partial charge is 0.259 e. The van der Waals surface area contributed by atoms with Gasteiger partial charge in [0.05, 0.1) is 11.1 Å². The lowest BCUT2D eigenvalue weighted by molar-refractivity contribution is 0.793. The van der Waals surface area contributed by atoms with Crippen molar-refractivity contribution in [1.29, 1.82) is 0 Å². The lowest BCUT2D eigenvalue weighted by atomic mass is 10.2. The van der Waals surface area contributed by atoms with Gasteiger partial charge in [0, 0.05) is 17.5 Å². The third kappa shape index (κ3) is 2.95. The van der Waals surface area contributed by atoms with Crippen molar-refractivity contribution in [3.05, 3.63) is 57.0 Å². The van der Waals surface area contributed by atoms with E-state index in [-0.39, 0.29) is 5.56 Å². The maximum atomic E-state index is 12.4.